The van der Waals surface area contributed by atoms with Crippen molar-refractivity contribution in [3.05, 3.63) is 53.6 Å². The Bertz CT molecular complexity index is 644. The average molecular weight is 304 g/mol. The molecule has 0 saturated carbocycles. The minimum atomic E-state index is -2.79. The zero-order valence-electron chi connectivity index (χ0n) is 12.1. The standard InChI is InChI=1S/C17H18F2N2O/c18-17(19)22-13-8-6-12(7-9-13)11-21-10-2-3-14-15(20)4-1-5-16(14)21/h1,4-9,17H,2-3,10-11,20H2. The van der Waals surface area contributed by atoms with Gasteiger partial charge in [0.25, 0.3) is 0 Å². The fourth-order valence-electron chi connectivity index (χ4n) is 2.89. The maximum atomic E-state index is 12.2. The van der Waals surface area contributed by atoms with E-state index in [1.165, 1.54) is 11.3 Å². The maximum Gasteiger partial charge on any atom is 0.387 e. The molecule has 2 aromatic rings. The summed E-state index contributed by atoms with van der Waals surface area (Å²) in [5.41, 5.74) is 10.3. The lowest BCUT2D eigenvalue weighted by Gasteiger charge is -2.32. The molecule has 3 rings (SSSR count). The molecule has 1 heterocycles. The van der Waals surface area contributed by atoms with Crippen LogP contribution in [-0.4, -0.2) is 13.2 Å². The molecule has 3 nitrogen and oxygen atoms in total. The minimum Gasteiger partial charge on any atom is -0.435 e. The number of hydrogen-bond acceptors (Lipinski definition) is 3. The molecule has 2 aromatic carbocycles. The summed E-state index contributed by atoms with van der Waals surface area (Å²) in [4.78, 5) is 2.28. The van der Waals surface area contributed by atoms with Crippen LogP contribution in [0.4, 0.5) is 20.2 Å². The van der Waals surface area contributed by atoms with Gasteiger partial charge in [0, 0.05) is 24.5 Å². The van der Waals surface area contributed by atoms with Gasteiger partial charge in [-0.3, -0.25) is 0 Å². The molecule has 0 aromatic heterocycles. The number of fused-ring (bicyclic) bond motifs is 1. The molecule has 22 heavy (non-hydrogen) atoms. The third-order valence-corrected chi connectivity index (χ3v) is 3.90. The van der Waals surface area contributed by atoms with E-state index in [9.17, 15) is 8.78 Å². The van der Waals surface area contributed by atoms with E-state index < -0.39 is 6.61 Å². The fraction of sp³-hybridized carbons (Fsp3) is 0.294. The minimum absolute atomic E-state index is 0.182. The van der Waals surface area contributed by atoms with Gasteiger partial charge in [-0.1, -0.05) is 18.2 Å². The van der Waals surface area contributed by atoms with Gasteiger partial charge in [-0.2, -0.15) is 8.78 Å². The first-order chi connectivity index (χ1) is 10.6. The van der Waals surface area contributed by atoms with Crippen LogP contribution in [0.25, 0.3) is 0 Å². The van der Waals surface area contributed by atoms with Crippen molar-refractivity contribution in [2.75, 3.05) is 17.2 Å². The summed E-state index contributed by atoms with van der Waals surface area (Å²) < 4.78 is 28.7. The van der Waals surface area contributed by atoms with Crippen LogP contribution < -0.4 is 15.4 Å². The third-order valence-electron chi connectivity index (χ3n) is 3.90. The van der Waals surface area contributed by atoms with Crippen LogP contribution in [0.3, 0.4) is 0 Å². The Hall–Kier alpha value is -2.30. The number of anilines is 2. The Balaban J connectivity index is 1.76. The van der Waals surface area contributed by atoms with Crippen molar-refractivity contribution in [2.24, 2.45) is 0 Å². The number of nitrogens with two attached hydrogens (primary N) is 1. The third kappa shape index (κ3) is 3.13. The number of benzene rings is 2. The predicted octanol–water partition coefficient (Wildman–Crippen LogP) is 3.82. The Morgan fingerprint density at radius 1 is 1.14 bits per heavy atom. The molecule has 1 aliphatic rings. The second kappa shape index (κ2) is 6.22. The number of hydrogen-bond donors (Lipinski definition) is 1. The van der Waals surface area contributed by atoms with Crippen LogP contribution in [-0.2, 0) is 13.0 Å². The molecule has 116 valence electrons. The van der Waals surface area contributed by atoms with Crippen LogP contribution >= 0.6 is 0 Å². The Labute approximate surface area is 128 Å². The topological polar surface area (TPSA) is 38.5 Å². The predicted molar refractivity (Wildman–Crippen MR) is 83.3 cm³/mol. The lowest BCUT2D eigenvalue weighted by atomic mass is 9.99. The first-order valence-corrected chi connectivity index (χ1v) is 7.29. The molecule has 5 heteroatoms. The van der Waals surface area contributed by atoms with Crippen LogP contribution in [0.2, 0.25) is 0 Å². The van der Waals surface area contributed by atoms with Gasteiger partial charge in [0.2, 0.25) is 0 Å². The van der Waals surface area contributed by atoms with E-state index in [4.69, 9.17) is 5.73 Å². The van der Waals surface area contributed by atoms with Gasteiger partial charge in [-0.25, -0.2) is 0 Å². The quantitative estimate of drug-likeness (QED) is 0.873. The monoisotopic (exact) mass is 304 g/mol. The van der Waals surface area contributed by atoms with Crippen LogP contribution in [0.1, 0.15) is 17.5 Å². The Kier molecular flexibility index (Phi) is 4.13. The van der Waals surface area contributed by atoms with Gasteiger partial charge < -0.3 is 15.4 Å². The van der Waals surface area contributed by atoms with Gasteiger partial charge in [-0.15, -0.1) is 0 Å². The highest BCUT2D eigenvalue weighted by Gasteiger charge is 2.18. The molecule has 0 radical (unpaired) electrons. The zero-order valence-corrected chi connectivity index (χ0v) is 12.1. The molecule has 0 saturated heterocycles. The molecular formula is C17H18F2N2O. The molecule has 0 amide bonds. The normalized spacial score (nSPS) is 14.0. The van der Waals surface area contributed by atoms with Gasteiger partial charge in [0.15, 0.2) is 0 Å². The largest absolute Gasteiger partial charge is 0.435 e. The first kappa shape index (κ1) is 14.6. The van der Waals surface area contributed by atoms with Crippen molar-refractivity contribution in [2.45, 2.75) is 26.0 Å². The van der Waals surface area contributed by atoms with Crippen molar-refractivity contribution >= 4 is 11.4 Å². The second-order valence-electron chi connectivity index (χ2n) is 5.39. The number of ether oxygens (including phenoxy) is 1. The van der Waals surface area contributed by atoms with Gasteiger partial charge in [0.1, 0.15) is 5.75 Å². The van der Waals surface area contributed by atoms with Crippen molar-refractivity contribution in [3.8, 4) is 5.75 Å². The molecule has 0 fully saturated rings. The smallest absolute Gasteiger partial charge is 0.387 e. The Morgan fingerprint density at radius 2 is 1.91 bits per heavy atom. The van der Waals surface area contributed by atoms with E-state index in [0.29, 0.717) is 0 Å². The highest BCUT2D eigenvalue weighted by Crippen LogP contribution is 2.32. The molecule has 2 N–H and O–H groups in total. The highest BCUT2D eigenvalue weighted by molar-refractivity contribution is 5.66. The maximum absolute atomic E-state index is 12.2. The summed E-state index contributed by atoms with van der Waals surface area (Å²) in [7, 11) is 0. The Morgan fingerprint density at radius 3 is 2.64 bits per heavy atom. The van der Waals surface area contributed by atoms with E-state index in [1.54, 1.807) is 12.1 Å². The van der Waals surface area contributed by atoms with Gasteiger partial charge in [0.05, 0.1) is 0 Å². The molecule has 0 aliphatic carbocycles. The number of alkyl halides is 2. The SMILES string of the molecule is Nc1cccc2c1CCCN2Cc1ccc(OC(F)F)cc1. The van der Waals surface area contributed by atoms with Crippen molar-refractivity contribution in [3.63, 3.8) is 0 Å². The summed E-state index contributed by atoms with van der Waals surface area (Å²) in [5, 5.41) is 0. The summed E-state index contributed by atoms with van der Waals surface area (Å²) in [6.45, 7) is -1.10. The molecule has 0 atom stereocenters. The molecule has 0 bridgehead atoms. The van der Waals surface area contributed by atoms with Gasteiger partial charge >= 0.3 is 6.61 Å². The zero-order chi connectivity index (χ0) is 15.5. The van der Waals surface area contributed by atoms with Crippen LogP contribution in [0.5, 0.6) is 5.75 Å². The highest BCUT2D eigenvalue weighted by atomic mass is 19.3. The number of nitrogen functional groups attached to an aromatic ring is 1. The van der Waals surface area contributed by atoms with Crippen LogP contribution in [0.15, 0.2) is 42.5 Å². The van der Waals surface area contributed by atoms with E-state index in [0.717, 1.165) is 37.2 Å². The van der Waals surface area contributed by atoms with E-state index >= 15 is 0 Å². The summed E-state index contributed by atoms with van der Waals surface area (Å²) >= 11 is 0. The van der Waals surface area contributed by atoms with E-state index in [1.807, 2.05) is 24.3 Å². The summed E-state index contributed by atoms with van der Waals surface area (Å²) in [6.07, 6.45) is 2.06. The first-order valence-electron chi connectivity index (χ1n) is 7.29. The average Bonchev–Trinajstić information content (AvgIpc) is 2.50. The number of nitrogens with zero attached hydrogens (tertiary/aromatic N) is 1. The molecule has 0 unspecified atom stereocenters. The lowest BCUT2D eigenvalue weighted by molar-refractivity contribution is -0.0498. The number of rotatable bonds is 4. The van der Waals surface area contributed by atoms with E-state index in [-0.39, 0.29) is 5.75 Å². The van der Waals surface area contributed by atoms with Crippen LogP contribution in [0, 0.1) is 0 Å². The second-order valence-corrected chi connectivity index (χ2v) is 5.39. The fourth-order valence-corrected chi connectivity index (χ4v) is 2.89. The number of halogens is 2. The molecule has 0 spiro atoms. The van der Waals surface area contributed by atoms with Crippen molar-refractivity contribution in [1.29, 1.82) is 0 Å². The molecular weight excluding hydrogens is 286 g/mol. The van der Waals surface area contributed by atoms with Gasteiger partial charge in [-0.05, 0) is 48.2 Å². The molecule has 1 aliphatic heterocycles. The van der Waals surface area contributed by atoms with Crippen molar-refractivity contribution in [1.82, 2.24) is 0 Å². The van der Waals surface area contributed by atoms with E-state index in [2.05, 4.69) is 15.7 Å². The summed E-state index contributed by atoms with van der Waals surface area (Å²) in [5.74, 6) is 0.182. The lowest BCUT2D eigenvalue weighted by Crippen LogP contribution is -2.29. The summed E-state index contributed by atoms with van der Waals surface area (Å²) in [6, 6.07) is 12.8. The van der Waals surface area contributed by atoms with Crippen molar-refractivity contribution < 1.29 is 13.5 Å².